The van der Waals surface area contributed by atoms with E-state index in [9.17, 15) is 9.59 Å². The zero-order chi connectivity index (χ0) is 18.2. The number of nitrogens with one attached hydrogen (secondary N) is 2. The Morgan fingerprint density at radius 3 is 2.56 bits per heavy atom. The Morgan fingerprint density at radius 1 is 1.04 bits per heavy atom. The molecule has 2 amide bonds. The lowest BCUT2D eigenvalue weighted by atomic mass is 10.2. The molecule has 0 heterocycles. The van der Waals surface area contributed by atoms with E-state index in [2.05, 4.69) is 10.6 Å². The van der Waals surface area contributed by atoms with Crippen LogP contribution >= 0.6 is 23.2 Å². The Morgan fingerprint density at radius 2 is 1.84 bits per heavy atom. The largest absolute Gasteiger partial charge is 0.494 e. The van der Waals surface area contributed by atoms with Gasteiger partial charge in [-0.1, -0.05) is 35.3 Å². The van der Waals surface area contributed by atoms with Crippen LogP contribution in [0.5, 0.6) is 5.75 Å². The molecule has 7 heteroatoms. The Labute approximate surface area is 156 Å². The molecule has 132 valence electrons. The second kappa shape index (κ2) is 9.30. The maximum Gasteiger partial charge on any atom is 0.251 e. The first kappa shape index (κ1) is 19.1. The van der Waals surface area contributed by atoms with Gasteiger partial charge >= 0.3 is 0 Å². The summed E-state index contributed by atoms with van der Waals surface area (Å²) in [4.78, 5) is 23.9. The van der Waals surface area contributed by atoms with Gasteiger partial charge < -0.3 is 15.4 Å². The first-order valence-electron chi connectivity index (χ1n) is 7.71. The molecule has 0 atom stereocenters. The first-order chi connectivity index (χ1) is 12.0. The highest BCUT2D eigenvalue weighted by Crippen LogP contribution is 2.22. The number of amides is 2. The minimum absolute atomic E-state index is 0.135. The van der Waals surface area contributed by atoms with Gasteiger partial charge in [-0.2, -0.15) is 0 Å². The Kier molecular flexibility index (Phi) is 7.10. The summed E-state index contributed by atoms with van der Waals surface area (Å²) in [6, 6.07) is 12.0. The van der Waals surface area contributed by atoms with Crippen LogP contribution in [0.15, 0.2) is 42.5 Å². The Bertz CT molecular complexity index is 766. The second-order valence-corrected chi connectivity index (χ2v) is 5.98. The molecule has 0 aliphatic carbocycles. The predicted molar refractivity (Wildman–Crippen MR) is 98.3 cm³/mol. The molecular formula is C18H18Cl2N2O3. The first-order valence-corrected chi connectivity index (χ1v) is 8.47. The van der Waals surface area contributed by atoms with E-state index in [0.717, 1.165) is 11.3 Å². The van der Waals surface area contributed by atoms with Gasteiger partial charge in [-0.3, -0.25) is 9.59 Å². The highest BCUT2D eigenvalue weighted by atomic mass is 35.5. The van der Waals surface area contributed by atoms with E-state index in [1.807, 2.05) is 31.2 Å². The fourth-order valence-electron chi connectivity index (χ4n) is 2.08. The number of carbonyl (C=O) groups excluding carboxylic acids is 2. The van der Waals surface area contributed by atoms with Crippen molar-refractivity contribution in [1.82, 2.24) is 10.6 Å². The van der Waals surface area contributed by atoms with Crippen LogP contribution in [0, 0.1) is 0 Å². The third-order valence-corrected chi connectivity index (χ3v) is 4.03. The number of rotatable bonds is 7. The van der Waals surface area contributed by atoms with E-state index in [1.165, 1.54) is 12.1 Å². The van der Waals surface area contributed by atoms with Crippen LogP contribution in [0.3, 0.4) is 0 Å². The van der Waals surface area contributed by atoms with Crippen LogP contribution in [0.25, 0.3) is 0 Å². The molecule has 2 aromatic rings. The third kappa shape index (κ3) is 5.96. The summed E-state index contributed by atoms with van der Waals surface area (Å²) in [5.41, 5.74) is 1.25. The average Bonchev–Trinajstić information content (AvgIpc) is 2.61. The summed E-state index contributed by atoms with van der Waals surface area (Å²) in [6.45, 7) is 2.70. The van der Waals surface area contributed by atoms with Gasteiger partial charge in [-0.15, -0.1) is 0 Å². The van der Waals surface area contributed by atoms with Gasteiger partial charge in [0.05, 0.1) is 23.2 Å². The molecule has 0 aromatic heterocycles. The SMILES string of the molecule is CCOc1cccc(CNC(=O)CNC(=O)c2ccc(Cl)c(Cl)c2)c1. The van der Waals surface area contributed by atoms with E-state index in [-0.39, 0.29) is 17.5 Å². The van der Waals surface area contributed by atoms with Gasteiger partial charge in [-0.25, -0.2) is 0 Å². The van der Waals surface area contributed by atoms with Crippen LogP contribution in [-0.2, 0) is 11.3 Å². The van der Waals surface area contributed by atoms with E-state index in [4.69, 9.17) is 27.9 Å². The molecule has 0 radical (unpaired) electrons. The minimum Gasteiger partial charge on any atom is -0.494 e. The molecule has 2 aromatic carbocycles. The average molecular weight is 381 g/mol. The van der Waals surface area contributed by atoms with E-state index in [0.29, 0.717) is 23.7 Å². The molecule has 0 spiro atoms. The maximum absolute atomic E-state index is 12.0. The Hall–Kier alpha value is -2.24. The topological polar surface area (TPSA) is 67.4 Å². The summed E-state index contributed by atoms with van der Waals surface area (Å²) in [6.07, 6.45) is 0. The molecule has 0 bridgehead atoms. The molecule has 25 heavy (non-hydrogen) atoms. The lowest BCUT2D eigenvalue weighted by Gasteiger charge is -2.09. The summed E-state index contributed by atoms with van der Waals surface area (Å²) in [7, 11) is 0. The molecule has 5 nitrogen and oxygen atoms in total. The smallest absolute Gasteiger partial charge is 0.251 e. The van der Waals surface area contributed by atoms with Gasteiger partial charge in [-0.05, 0) is 42.8 Å². The molecular weight excluding hydrogens is 363 g/mol. The van der Waals surface area contributed by atoms with Crippen LogP contribution in [0.2, 0.25) is 10.0 Å². The molecule has 2 N–H and O–H groups in total. The standard InChI is InChI=1S/C18H18Cl2N2O3/c1-2-25-14-5-3-4-12(8-14)10-21-17(23)11-22-18(24)13-6-7-15(19)16(20)9-13/h3-9H,2,10-11H2,1H3,(H,21,23)(H,22,24). The highest BCUT2D eigenvalue weighted by molar-refractivity contribution is 6.42. The highest BCUT2D eigenvalue weighted by Gasteiger charge is 2.10. The zero-order valence-electron chi connectivity index (χ0n) is 13.6. The summed E-state index contributed by atoms with van der Waals surface area (Å²) in [5.74, 6) is 0.0597. The summed E-state index contributed by atoms with van der Waals surface area (Å²) >= 11 is 11.7. The lowest BCUT2D eigenvalue weighted by molar-refractivity contribution is -0.120. The number of halogens is 2. The number of hydrogen-bond donors (Lipinski definition) is 2. The molecule has 0 saturated heterocycles. The van der Waals surface area contributed by atoms with Crippen molar-refractivity contribution in [3.8, 4) is 5.75 Å². The molecule has 0 unspecified atom stereocenters. The van der Waals surface area contributed by atoms with Crippen molar-refractivity contribution in [2.24, 2.45) is 0 Å². The van der Waals surface area contributed by atoms with Gasteiger partial charge in [0.25, 0.3) is 5.91 Å². The minimum atomic E-state index is -0.396. The van der Waals surface area contributed by atoms with E-state index in [1.54, 1.807) is 6.07 Å². The fourth-order valence-corrected chi connectivity index (χ4v) is 2.37. The predicted octanol–water partition coefficient (Wildman–Crippen LogP) is 3.44. The van der Waals surface area contributed by atoms with Crippen molar-refractivity contribution >= 4 is 35.0 Å². The van der Waals surface area contributed by atoms with Crippen LogP contribution in [-0.4, -0.2) is 25.0 Å². The monoisotopic (exact) mass is 380 g/mol. The number of benzene rings is 2. The molecule has 0 saturated carbocycles. The van der Waals surface area contributed by atoms with Crippen LogP contribution in [0.4, 0.5) is 0 Å². The number of hydrogen-bond acceptors (Lipinski definition) is 3. The van der Waals surface area contributed by atoms with Crippen molar-refractivity contribution in [1.29, 1.82) is 0 Å². The van der Waals surface area contributed by atoms with E-state index < -0.39 is 5.91 Å². The number of ether oxygens (including phenoxy) is 1. The number of carbonyl (C=O) groups is 2. The van der Waals surface area contributed by atoms with Crippen molar-refractivity contribution in [3.05, 3.63) is 63.6 Å². The molecule has 0 fully saturated rings. The second-order valence-electron chi connectivity index (χ2n) is 5.17. The summed E-state index contributed by atoms with van der Waals surface area (Å²) < 4.78 is 5.41. The van der Waals surface area contributed by atoms with Gasteiger partial charge in [0.2, 0.25) is 5.91 Å². The van der Waals surface area contributed by atoms with Crippen LogP contribution in [0.1, 0.15) is 22.8 Å². The fraction of sp³-hybridized carbons (Fsp3) is 0.222. The quantitative estimate of drug-likeness (QED) is 0.772. The van der Waals surface area contributed by atoms with Gasteiger partial charge in [0.1, 0.15) is 5.75 Å². The lowest BCUT2D eigenvalue weighted by Crippen LogP contribution is -2.36. The van der Waals surface area contributed by atoms with E-state index >= 15 is 0 Å². The van der Waals surface area contributed by atoms with Crippen molar-refractivity contribution < 1.29 is 14.3 Å². The third-order valence-electron chi connectivity index (χ3n) is 3.29. The van der Waals surface area contributed by atoms with Crippen molar-refractivity contribution in [2.45, 2.75) is 13.5 Å². The molecule has 2 rings (SSSR count). The molecule has 0 aliphatic heterocycles. The summed E-state index contributed by atoms with van der Waals surface area (Å²) in [5, 5.41) is 5.93. The van der Waals surface area contributed by atoms with Crippen molar-refractivity contribution in [3.63, 3.8) is 0 Å². The zero-order valence-corrected chi connectivity index (χ0v) is 15.2. The van der Waals surface area contributed by atoms with Gasteiger partial charge in [0, 0.05) is 12.1 Å². The maximum atomic E-state index is 12.0. The normalized spacial score (nSPS) is 10.2. The van der Waals surface area contributed by atoms with Crippen LogP contribution < -0.4 is 15.4 Å². The Balaban J connectivity index is 1.81. The van der Waals surface area contributed by atoms with Crippen molar-refractivity contribution in [2.75, 3.05) is 13.2 Å². The molecule has 0 aliphatic rings. The van der Waals surface area contributed by atoms with Gasteiger partial charge in [0.15, 0.2) is 0 Å².